The monoisotopic (exact) mass is 514 g/mol. The molecule has 1 heterocycles. The number of phenolic OH excluding ortho intramolecular Hbond substituents is 1. The maximum Gasteiger partial charge on any atom is 0.214 e. The van der Waals surface area contributed by atoms with Crippen LogP contribution in [0.3, 0.4) is 0 Å². The molecule has 3 N–H and O–H groups in total. The molecule has 0 amide bonds. The molecule has 0 unspecified atom stereocenters. The average molecular weight is 514 g/mol. The summed E-state index contributed by atoms with van der Waals surface area (Å²) >= 11 is 0. The number of piperidine rings is 1. The minimum atomic E-state index is -3.14. The number of hydrogen-bond acceptors (Lipinski definition) is 4. The van der Waals surface area contributed by atoms with Crippen molar-refractivity contribution < 1.29 is 17.9 Å². The normalized spacial score (nSPS) is 16.6. The van der Waals surface area contributed by atoms with Crippen LogP contribution >= 0.6 is 24.0 Å². The molecule has 1 aromatic rings. The van der Waals surface area contributed by atoms with Gasteiger partial charge in [0.05, 0.1) is 5.75 Å². The van der Waals surface area contributed by atoms with E-state index in [0.717, 1.165) is 0 Å². The number of hydrogen-bond donors (Lipinski definition) is 3. The highest BCUT2D eigenvalue weighted by atomic mass is 127. The second-order valence-corrected chi connectivity index (χ2v) is 8.43. The molecule has 2 rings (SSSR count). The largest absolute Gasteiger partial charge is 0.505 e. The minimum absolute atomic E-state index is 0. The molecule has 0 radical (unpaired) electrons. The lowest BCUT2D eigenvalue weighted by Gasteiger charge is -2.32. The quantitative estimate of drug-likeness (QED) is 0.307. The average Bonchev–Trinajstić information content (AvgIpc) is 2.61. The predicted molar refractivity (Wildman–Crippen MR) is 115 cm³/mol. The number of phenols is 1. The summed E-state index contributed by atoms with van der Waals surface area (Å²) in [6.45, 7) is 3.22. The van der Waals surface area contributed by atoms with Crippen LogP contribution in [0.4, 0.5) is 4.39 Å². The number of aliphatic imine (C=N–C) groups is 1. The summed E-state index contributed by atoms with van der Waals surface area (Å²) in [6, 6.07) is 4.35. The summed E-state index contributed by atoms with van der Waals surface area (Å²) in [5.41, 5.74) is 0.684. The first kappa shape index (κ1) is 23.9. The van der Waals surface area contributed by atoms with E-state index in [1.807, 2.05) is 6.92 Å². The van der Waals surface area contributed by atoms with Crippen molar-refractivity contribution in [3.05, 3.63) is 29.6 Å². The fourth-order valence-electron chi connectivity index (χ4n) is 2.90. The van der Waals surface area contributed by atoms with E-state index in [4.69, 9.17) is 0 Å². The Morgan fingerprint density at radius 2 is 2.04 bits per heavy atom. The first-order chi connectivity index (χ1) is 12.4. The zero-order valence-corrected chi connectivity index (χ0v) is 18.8. The van der Waals surface area contributed by atoms with Gasteiger partial charge < -0.3 is 15.7 Å². The van der Waals surface area contributed by atoms with E-state index in [-0.39, 0.29) is 41.5 Å². The number of halogens is 2. The lowest BCUT2D eigenvalue weighted by molar-refractivity contribution is 0.306. The second kappa shape index (κ2) is 11.0. The molecule has 10 heteroatoms. The molecule has 0 atom stereocenters. The smallest absolute Gasteiger partial charge is 0.214 e. The van der Waals surface area contributed by atoms with Gasteiger partial charge in [-0.05, 0) is 37.0 Å². The highest BCUT2D eigenvalue weighted by Gasteiger charge is 2.27. The molecule has 0 saturated carbocycles. The topological polar surface area (TPSA) is 94.0 Å². The number of guanidine groups is 1. The molecule has 0 bridgehead atoms. The molecule has 1 saturated heterocycles. The molecule has 0 aromatic heterocycles. The fourth-order valence-corrected chi connectivity index (χ4v) is 4.44. The Balaban J connectivity index is 0.00000364. The van der Waals surface area contributed by atoms with Gasteiger partial charge in [-0.3, -0.25) is 4.99 Å². The van der Waals surface area contributed by atoms with E-state index in [0.29, 0.717) is 50.4 Å². The van der Waals surface area contributed by atoms with Gasteiger partial charge in [0.1, 0.15) is 0 Å². The van der Waals surface area contributed by atoms with Gasteiger partial charge in [0.2, 0.25) is 10.0 Å². The number of nitrogens with one attached hydrogen (secondary N) is 2. The van der Waals surface area contributed by atoms with E-state index in [1.165, 1.54) is 12.1 Å². The Morgan fingerprint density at radius 3 is 2.59 bits per heavy atom. The summed E-state index contributed by atoms with van der Waals surface area (Å²) in [5, 5.41) is 15.6. The van der Waals surface area contributed by atoms with Crippen LogP contribution in [-0.4, -0.2) is 55.7 Å². The third kappa shape index (κ3) is 7.07. The number of sulfonamides is 1. The highest BCUT2D eigenvalue weighted by Crippen LogP contribution is 2.17. The molecule has 7 nitrogen and oxygen atoms in total. The zero-order chi connectivity index (χ0) is 19.2. The van der Waals surface area contributed by atoms with Crippen LogP contribution in [0.15, 0.2) is 23.2 Å². The first-order valence-corrected chi connectivity index (χ1v) is 10.4. The Hall–Kier alpha value is -1.14. The number of benzene rings is 1. The van der Waals surface area contributed by atoms with E-state index < -0.39 is 15.8 Å². The van der Waals surface area contributed by atoms with Gasteiger partial charge in [-0.1, -0.05) is 13.0 Å². The van der Waals surface area contributed by atoms with Crippen molar-refractivity contribution in [2.75, 3.05) is 25.9 Å². The van der Waals surface area contributed by atoms with Gasteiger partial charge in [-0.25, -0.2) is 17.1 Å². The van der Waals surface area contributed by atoms with Crippen molar-refractivity contribution in [2.45, 2.75) is 38.8 Å². The molecule has 0 aliphatic carbocycles. The Kier molecular flexibility index (Phi) is 9.74. The van der Waals surface area contributed by atoms with Crippen LogP contribution in [0.5, 0.6) is 5.75 Å². The van der Waals surface area contributed by atoms with Crippen LogP contribution in [0.1, 0.15) is 31.7 Å². The first-order valence-electron chi connectivity index (χ1n) is 8.78. The SMILES string of the molecule is CCCS(=O)(=O)N1CCC(NC(=NC)NCc2ccc(O)c(F)c2)CC1.I. The summed E-state index contributed by atoms with van der Waals surface area (Å²) in [6.07, 6.45) is 2.03. The van der Waals surface area contributed by atoms with Crippen molar-refractivity contribution in [3.63, 3.8) is 0 Å². The molecule has 0 spiro atoms. The van der Waals surface area contributed by atoms with Gasteiger partial charge in [0, 0.05) is 32.7 Å². The number of nitrogens with zero attached hydrogens (tertiary/aromatic N) is 2. The molecule has 1 aliphatic heterocycles. The third-order valence-corrected chi connectivity index (χ3v) is 6.42. The van der Waals surface area contributed by atoms with E-state index in [1.54, 1.807) is 17.4 Å². The van der Waals surface area contributed by atoms with Crippen molar-refractivity contribution in [2.24, 2.45) is 4.99 Å². The lowest BCUT2D eigenvalue weighted by atomic mass is 10.1. The molecule has 1 fully saturated rings. The summed E-state index contributed by atoms with van der Waals surface area (Å²) in [4.78, 5) is 4.15. The summed E-state index contributed by atoms with van der Waals surface area (Å²) in [7, 11) is -1.49. The van der Waals surface area contributed by atoms with Crippen molar-refractivity contribution >= 4 is 40.0 Å². The van der Waals surface area contributed by atoms with E-state index in [2.05, 4.69) is 15.6 Å². The van der Waals surface area contributed by atoms with Crippen molar-refractivity contribution in [1.29, 1.82) is 0 Å². The lowest BCUT2D eigenvalue weighted by Crippen LogP contribution is -2.49. The molecular formula is C17H28FIN4O3S. The summed E-state index contributed by atoms with van der Waals surface area (Å²) < 4.78 is 39.1. The maximum absolute atomic E-state index is 13.4. The zero-order valence-electron chi connectivity index (χ0n) is 15.6. The Morgan fingerprint density at radius 1 is 1.37 bits per heavy atom. The number of aromatic hydroxyl groups is 1. The van der Waals surface area contributed by atoms with Crippen LogP contribution in [-0.2, 0) is 16.6 Å². The van der Waals surface area contributed by atoms with Gasteiger partial charge in [0.15, 0.2) is 17.5 Å². The second-order valence-electron chi connectivity index (χ2n) is 6.35. The van der Waals surface area contributed by atoms with Crippen LogP contribution in [0.2, 0.25) is 0 Å². The van der Waals surface area contributed by atoms with Crippen LogP contribution < -0.4 is 10.6 Å². The fraction of sp³-hybridized carbons (Fsp3) is 0.588. The van der Waals surface area contributed by atoms with Crippen molar-refractivity contribution in [3.8, 4) is 5.75 Å². The van der Waals surface area contributed by atoms with Crippen LogP contribution in [0, 0.1) is 5.82 Å². The molecule has 27 heavy (non-hydrogen) atoms. The van der Waals surface area contributed by atoms with Gasteiger partial charge in [0.25, 0.3) is 0 Å². The maximum atomic E-state index is 13.4. The molecule has 1 aromatic carbocycles. The Bertz CT molecular complexity index is 738. The molecule has 1 aliphatic rings. The van der Waals surface area contributed by atoms with Gasteiger partial charge in [-0.2, -0.15) is 0 Å². The third-order valence-electron chi connectivity index (χ3n) is 4.35. The number of rotatable bonds is 6. The van der Waals surface area contributed by atoms with E-state index >= 15 is 0 Å². The molecule has 154 valence electrons. The Labute approximate surface area is 177 Å². The van der Waals surface area contributed by atoms with E-state index in [9.17, 15) is 17.9 Å². The predicted octanol–water partition coefficient (Wildman–Crippen LogP) is 2.02. The molecular weight excluding hydrogens is 486 g/mol. The highest BCUT2D eigenvalue weighted by molar-refractivity contribution is 14.0. The standard InChI is InChI=1S/C17H27FN4O3S.HI/c1-3-10-26(24,25)22-8-6-14(7-9-22)21-17(19-2)20-12-13-4-5-16(23)15(18)11-13;/h4-5,11,14,23H,3,6-10,12H2,1-2H3,(H2,19,20,21);1H. The summed E-state index contributed by atoms with van der Waals surface area (Å²) in [5.74, 6) is -0.264. The van der Waals surface area contributed by atoms with Gasteiger partial charge >= 0.3 is 0 Å². The van der Waals surface area contributed by atoms with Gasteiger partial charge in [-0.15, -0.1) is 24.0 Å². The van der Waals surface area contributed by atoms with Crippen LogP contribution in [0.25, 0.3) is 0 Å². The minimum Gasteiger partial charge on any atom is -0.505 e. The van der Waals surface area contributed by atoms with Crippen molar-refractivity contribution in [1.82, 2.24) is 14.9 Å².